The molecule has 0 unspecified atom stereocenters. The highest BCUT2D eigenvalue weighted by molar-refractivity contribution is 5.92. The van der Waals surface area contributed by atoms with Crippen LogP contribution in [0.3, 0.4) is 0 Å². The highest BCUT2D eigenvalue weighted by Crippen LogP contribution is 2.31. The lowest BCUT2D eigenvalue weighted by molar-refractivity contribution is -0.146. The van der Waals surface area contributed by atoms with Crippen LogP contribution >= 0.6 is 0 Å². The van der Waals surface area contributed by atoms with Crippen LogP contribution in [0.1, 0.15) is 37.4 Å². The molecule has 1 saturated carbocycles. The number of aromatic nitrogens is 3. The van der Waals surface area contributed by atoms with E-state index in [4.69, 9.17) is 9.26 Å². The van der Waals surface area contributed by atoms with Crippen LogP contribution in [0.5, 0.6) is 0 Å². The fourth-order valence-electron chi connectivity index (χ4n) is 3.43. The maximum absolute atomic E-state index is 12.1. The van der Waals surface area contributed by atoms with Crippen LogP contribution < -0.4 is 5.32 Å². The van der Waals surface area contributed by atoms with Gasteiger partial charge in [0.2, 0.25) is 0 Å². The second kappa shape index (κ2) is 7.61. The van der Waals surface area contributed by atoms with E-state index >= 15 is 0 Å². The Morgan fingerprint density at radius 3 is 2.89 bits per heavy atom. The minimum Gasteiger partial charge on any atom is -0.455 e. The molecule has 1 N–H and O–H groups in total. The molecule has 2 heterocycles. The number of para-hydroxylation sites is 1. The Morgan fingerprint density at radius 1 is 1.22 bits per heavy atom. The number of ether oxygens (including phenoxy) is 1. The SMILES string of the molecule is O=C(COC(=O)Cc1noc2ccccc12)Nc1ccnn1C1CCCC1. The van der Waals surface area contributed by atoms with E-state index in [0.717, 1.165) is 18.2 Å². The van der Waals surface area contributed by atoms with Gasteiger partial charge in [0.25, 0.3) is 5.91 Å². The topological polar surface area (TPSA) is 99.2 Å². The molecular weight excluding hydrogens is 348 g/mol. The van der Waals surface area contributed by atoms with Crippen LogP contribution in [0.4, 0.5) is 5.82 Å². The Kier molecular flexibility index (Phi) is 4.86. The molecule has 1 aliphatic carbocycles. The summed E-state index contributed by atoms with van der Waals surface area (Å²) in [5, 5.41) is 11.7. The lowest BCUT2D eigenvalue weighted by atomic mass is 10.2. The van der Waals surface area contributed by atoms with E-state index in [0.29, 0.717) is 23.1 Å². The molecule has 4 rings (SSSR count). The number of carbonyl (C=O) groups is 2. The van der Waals surface area contributed by atoms with Crippen molar-refractivity contribution in [2.24, 2.45) is 0 Å². The highest BCUT2D eigenvalue weighted by atomic mass is 16.5. The standard InChI is InChI=1S/C19H20N4O4/c24-18(21-17-9-10-20-23(17)13-5-1-2-6-13)12-26-19(25)11-15-14-7-3-4-8-16(14)27-22-15/h3-4,7-10,13H,1-2,5-6,11-12H2,(H,21,24). The summed E-state index contributed by atoms with van der Waals surface area (Å²) in [6, 6.07) is 9.34. The van der Waals surface area contributed by atoms with Gasteiger partial charge in [-0.15, -0.1) is 0 Å². The number of esters is 1. The zero-order valence-corrected chi connectivity index (χ0v) is 14.8. The van der Waals surface area contributed by atoms with Crippen LogP contribution in [0.25, 0.3) is 11.0 Å². The van der Waals surface area contributed by atoms with Gasteiger partial charge in [0, 0.05) is 11.5 Å². The minimum absolute atomic E-state index is 0.0513. The van der Waals surface area contributed by atoms with Gasteiger partial charge in [-0.2, -0.15) is 5.10 Å². The quantitative estimate of drug-likeness (QED) is 0.672. The second-order valence-electron chi connectivity index (χ2n) is 6.61. The summed E-state index contributed by atoms with van der Waals surface area (Å²) in [5.41, 5.74) is 1.11. The Bertz CT molecular complexity index is 955. The Labute approximate surface area is 155 Å². The highest BCUT2D eigenvalue weighted by Gasteiger charge is 2.21. The zero-order valence-electron chi connectivity index (χ0n) is 14.8. The van der Waals surface area contributed by atoms with Crippen molar-refractivity contribution in [1.82, 2.24) is 14.9 Å². The maximum Gasteiger partial charge on any atom is 0.312 e. The monoisotopic (exact) mass is 368 g/mol. The molecule has 8 nitrogen and oxygen atoms in total. The van der Waals surface area contributed by atoms with Gasteiger partial charge in [-0.3, -0.25) is 9.59 Å². The van der Waals surface area contributed by atoms with E-state index in [-0.39, 0.29) is 13.0 Å². The third-order valence-electron chi connectivity index (χ3n) is 4.74. The second-order valence-corrected chi connectivity index (χ2v) is 6.61. The number of amides is 1. The van der Waals surface area contributed by atoms with Gasteiger partial charge in [-0.05, 0) is 25.0 Å². The number of anilines is 1. The van der Waals surface area contributed by atoms with Crippen molar-refractivity contribution in [3.8, 4) is 0 Å². The molecule has 140 valence electrons. The summed E-state index contributed by atoms with van der Waals surface area (Å²) >= 11 is 0. The van der Waals surface area contributed by atoms with Crippen molar-refractivity contribution >= 4 is 28.7 Å². The van der Waals surface area contributed by atoms with Crippen LogP contribution in [0.15, 0.2) is 41.1 Å². The molecular formula is C19H20N4O4. The van der Waals surface area contributed by atoms with Crippen molar-refractivity contribution in [2.75, 3.05) is 11.9 Å². The summed E-state index contributed by atoms with van der Waals surface area (Å²) in [6.45, 7) is -0.357. The number of rotatable bonds is 6. The molecule has 0 aliphatic heterocycles. The molecule has 3 aromatic rings. The molecule has 8 heteroatoms. The third kappa shape index (κ3) is 3.84. The third-order valence-corrected chi connectivity index (χ3v) is 4.74. The number of nitrogens with one attached hydrogen (secondary N) is 1. The predicted molar refractivity (Wildman–Crippen MR) is 97.0 cm³/mol. The molecule has 1 fully saturated rings. The largest absolute Gasteiger partial charge is 0.455 e. The molecule has 1 amide bonds. The number of carbonyl (C=O) groups excluding carboxylic acids is 2. The number of fused-ring (bicyclic) bond motifs is 1. The van der Waals surface area contributed by atoms with E-state index in [1.54, 1.807) is 18.3 Å². The summed E-state index contributed by atoms with van der Waals surface area (Å²) in [6.07, 6.45) is 6.08. The van der Waals surface area contributed by atoms with Gasteiger partial charge in [0.15, 0.2) is 12.2 Å². The normalized spacial score (nSPS) is 14.5. The molecule has 0 radical (unpaired) electrons. The van der Waals surface area contributed by atoms with Crippen molar-refractivity contribution in [1.29, 1.82) is 0 Å². The number of hydrogen-bond acceptors (Lipinski definition) is 6. The van der Waals surface area contributed by atoms with Gasteiger partial charge in [0.05, 0.1) is 18.7 Å². The fraction of sp³-hybridized carbons (Fsp3) is 0.368. The summed E-state index contributed by atoms with van der Waals surface area (Å²) in [4.78, 5) is 24.2. The van der Waals surface area contributed by atoms with E-state index in [1.165, 1.54) is 12.8 Å². The zero-order chi connectivity index (χ0) is 18.6. The summed E-state index contributed by atoms with van der Waals surface area (Å²) in [7, 11) is 0. The fourth-order valence-corrected chi connectivity index (χ4v) is 3.43. The van der Waals surface area contributed by atoms with Gasteiger partial charge in [-0.1, -0.05) is 30.1 Å². The summed E-state index contributed by atoms with van der Waals surface area (Å²) < 4.78 is 12.1. The maximum atomic E-state index is 12.1. The van der Waals surface area contributed by atoms with Gasteiger partial charge >= 0.3 is 5.97 Å². The summed E-state index contributed by atoms with van der Waals surface area (Å²) in [5.74, 6) is -0.299. The Balaban J connectivity index is 1.30. The number of nitrogens with zero attached hydrogens (tertiary/aromatic N) is 3. The lowest BCUT2D eigenvalue weighted by Crippen LogP contribution is -2.24. The van der Waals surface area contributed by atoms with Gasteiger partial charge in [0.1, 0.15) is 11.5 Å². The lowest BCUT2D eigenvalue weighted by Gasteiger charge is -2.14. The van der Waals surface area contributed by atoms with Crippen LogP contribution in [0, 0.1) is 0 Å². The average Bonchev–Trinajstić information content (AvgIpc) is 3.41. The van der Waals surface area contributed by atoms with Crippen molar-refractivity contribution < 1.29 is 18.8 Å². The molecule has 0 bridgehead atoms. The molecule has 1 aromatic carbocycles. The first-order chi connectivity index (χ1) is 13.2. The predicted octanol–water partition coefficient (Wildman–Crippen LogP) is 2.86. The Morgan fingerprint density at radius 2 is 2.04 bits per heavy atom. The molecule has 2 aromatic heterocycles. The van der Waals surface area contributed by atoms with E-state index in [1.807, 2.05) is 22.9 Å². The van der Waals surface area contributed by atoms with E-state index < -0.39 is 11.9 Å². The molecule has 27 heavy (non-hydrogen) atoms. The Hall–Kier alpha value is -3.16. The average molecular weight is 368 g/mol. The van der Waals surface area contributed by atoms with Crippen molar-refractivity contribution in [3.63, 3.8) is 0 Å². The number of hydrogen-bond donors (Lipinski definition) is 1. The first-order valence-corrected chi connectivity index (χ1v) is 9.03. The first-order valence-electron chi connectivity index (χ1n) is 9.03. The van der Waals surface area contributed by atoms with Crippen LogP contribution in [-0.2, 0) is 20.7 Å². The van der Waals surface area contributed by atoms with Crippen LogP contribution in [-0.4, -0.2) is 33.4 Å². The molecule has 0 spiro atoms. The van der Waals surface area contributed by atoms with Crippen LogP contribution in [0.2, 0.25) is 0 Å². The number of benzene rings is 1. The first kappa shape index (κ1) is 17.3. The molecule has 1 aliphatic rings. The molecule has 0 saturated heterocycles. The van der Waals surface area contributed by atoms with E-state index in [9.17, 15) is 9.59 Å². The van der Waals surface area contributed by atoms with Crippen molar-refractivity contribution in [2.45, 2.75) is 38.1 Å². The van der Waals surface area contributed by atoms with Crippen molar-refractivity contribution in [3.05, 3.63) is 42.2 Å². The van der Waals surface area contributed by atoms with Gasteiger partial charge in [-0.25, -0.2) is 4.68 Å². The minimum atomic E-state index is -0.534. The van der Waals surface area contributed by atoms with Gasteiger partial charge < -0.3 is 14.6 Å². The molecule has 0 atom stereocenters. The van der Waals surface area contributed by atoms with E-state index in [2.05, 4.69) is 15.6 Å². The smallest absolute Gasteiger partial charge is 0.312 e.